The Morgan fingerprint density at radius 3 is 1.40 bits per heavy atom. The van der Waals surface area contributed by atoms with Crippen molar-refractivity contribution >= 4 is 32.7 Å². The van der Waals surface area contributed by atoms with Crippen LogP contribution in [-0.4, -0.2) is 15.0 Å². The quantitative estimate of drug-likeness (QED) is 0.176. The first-order chi connectivity index (χ1) is 26.2. The number of para-hydroxylation sites is 2. The van der Waals surface area contributed by atoms with Gasteiger partial charge >= 0.3 is 0 Å². The fourth-order valence-electron chi connectivity index (χ4n) is 7.28. The van der Waals surface area contributed by atoms with Crippen molar-refractivity contribution in [1.29, 1.82) is 0 Å². The average molecular weight is 678 g/mol. The molecule has 0 bridgehead atoms. The summed E-state index contributed by atoms with van der Waals surface area (Å²) in [7, 11) is 0. The fraction of sp³-hybridized carbons (Fsp3) is 0. The molecule has 53 heavy (non-hydrogen) atoms. The second kappa shape index (κ2) is 12.9. The third-order valence-corrected chi connectivity index (χ3v) is 9.91. The minimum atomic E-state index is 0.606. The Kier molecular flexibility index (Phi) is 7.43. The van der Waals surface area contributed by atoms with Crippen LogP contribution in [0.15, 0.2) is 192 Å². The van der Waals surface area contributed by atoms with Gasteiger partial charge in [0, 0.05) is 38.6 Å². The van der Waals surface area contributed by atoms with Gasteiger partial charge in [-0.2, -0.15) is 0 Å². The summed E-state index contributed by atoms with van der Waals surface area (Å²) in [4.78, 5) is 15.2. The van der Waals surface area contributed by atoms with Crippen LogP contribution in [-0.2, 0) is 0 Å². The van der Waals surface area contributed by atoms with Crippen molar-refractivity contribution in [3.05, 3.63) is 188 Å². The summed E-state index contributed by atoms with van der Waals surface area (Å²) < 4.78 is 6.75. The van der Waals surface area contributed by atoms with Gasteiger partial charge in [0.15, 0.2) is 17.5 Å². The molecule has 0 spiro atoms. The van der Waals surface area contributed by atoms with Crippen molar-refractivity contribution in [1.82, 2.24) is 15.0 Å². The van der Waals surface area contributed by atoms with Crippen molar-refractivity contribution in [3.63, 3.8) is 0 Å². The number of rotatable bonds is 6. The summed E-state index contributed by atoms with van der Waals surface area (Å²) in [5, 5.41) is 4.61. The summed E-state index contributed by atoms with van der Waals surface area (Å²) in [5.74, 6) is 1.85. The van der Waals surface area contributed by atoms with Gasteiger partial charge in [-0.1, -0.05) is 170 Å². The van der Waals surface area contributed by atoms with E-state index in [-0.39, 0.29) is 0 Å². The maximum Gasteiger partial charge on any atom is 0.164 e. The summed E-state index contributed by atoms with van der Waals surface area (Å²) in [5.41, 5.74) is 11.0. The normalized spacial score (nSPS) is 11.4. The van der Waals surface area contributed by atoms with E-state index in [4.69, 9.17) is 19.4 Å². The van der Waals surface area contributed by atoms with Crippen LogP contribution in [0.3, 0.4) is 0 Å². The zero-order valence-electron chi connectivity index (χ0n) is 28.6. The summed E-state index contributed by atoms with van der Waals surface area (Å²) in [6.07, 6.45) is 0. The zero-order valence-corrected chi connectivity index (χ0v) is 28.6. The van der Waals surface area contributed by atoms with Gasteiger partial charge in [-0.25, -0.2) is 15.0 Å². The molecule has 10 rings (SSSR count). The van der Waals surface area contributed by atoms with Crippen LogP contribution in [0.25, 0.3) is 100 Å². The van der Waals surface area contributed by atoms with Crippen LogP contribution in [0.2, 0.25) is 0 Å². The van der Waals surface area contributed by atoms with Crippen LogP contribution >= 0.6 is 0 Å². The van der Waals surface area contributed by atoms with Gasteiger partial charge in [0.05, 0.1) is 0 Å². The molecule has 4 heteroatoms. The molecule has 0 N–H and O–H groups in total. The molecule has 0 aliphatic carbocycles. The number of benzene rings is 8. The number of hydrogen-bond donors (Lipinski definition) is 0. The van der Waals surface area contributed by atoms with E-state index >= 15 is 0 Å². The molecule has 0 unspecified atom stereocenters. The number of hydrogen-bond acceptors (Lipinski definition) is 4. The highest BCUT2D eigenvalue weighted by atomic mass is 16.3. The molecule has 0 amide bonds. The van der Waals surface area contributed by atoms with Gasteiger partial charge in [0.2, 0.25) is 0 Å². The molecule has 0 saturated heterocycles. The Labute approximate surface area is 306 Å². The monoisotopic (exact) mass is 677 g/mol. The van der Waals surface area contributed by atoms with E-state index in [0.717, 1.165) is 72.0 Å². The number of nitrogens with zero attached hydrogens (tertiary/aromatic N) is 3. The Morgan fingerprint density at radius 2 is 0.736 bits per heavy atom. The summed E-state index contributed by atoms with van der Waals surface area (Å²) >= 11 is 0. The van der Waals surface area contributed by atoms with Crippen molar-refractivity contribution in [2.24, 2.45) is 0 Å². The van der Waals surface area contributed by atoms with E-state index in [1.165, 1.54) is 10.8 Å². The minimum Gasteiger partial charge on any atom is -0.455 e. The third-order valence-electron chi connectivity index (χ3n) is 9.91. The molecule has 8 aromatic carbocycles. The smallest absolute Gasteiger partial charge is 0.164 e. The largest absolute Gasteiger partial charge is 0.455 e. The topological polar surface area (TPSA) is 51.8 Å². The predicted molar refractivity (Wildman–Crippen MR) is 217 cm³/mol. The standard InChI is InChI=1S/C49H31N3O/c1-3-14-33(15-4-1)41-23-11-25-43-44-26-12-24-42(46(44)53-45(41)43)38-20-10-22-40(31-38)49-51-47(34-16-5-2-6-17-34)50-48(52-49)39-21-9-19-36(30-39)37-28-27-32-13-7-8-18-35(32)29-37/h1-31H. The van der Waals surface area contributed by atoms with E-state index in [2.05, 4.69) is 152 Å². The summed E-state index contributed by atoms with van der Waals surface area (Å²) in [6, 6.07) is 65.1. The number of furan rings is 1. The molecule has 10 aromatic rings. The van der Waals surface area contributed by atoms with E-state index in [1.807, 2.05) is 36.4 Å². The lowest BCUT2D eigenvalue weighted by molar-refractivity contribution is 0.671. The van der Waals surface area contributed by atoms with Gasteiger partial charge in [-0.05, 0) is 51.2 Å². The number of aromatic nitrogens is 3. The molecule has 0 radical (unpaired) electrons. The second-order valence-electron chi connectivity index (χ2n) is 13.2. The van der Waals surface area contributed by atoms with Crippen molar-refractivity contribution < 1.29 is 4.42 Å². The van der Waals surface area contributed by atoms with Crippen molar-refractivity contribution in [2.75, 3.05) is 0 Å². The molecule has 0 aliphatic heterocycles. The molecule has 2 aromatic heterocycles. The first-order valence-electron chi connectivity index (χ1n) is 17.8. The second-order valence-corrected chi connectivity index (χ2v) is 13.2. The van der Waals surface area contributed by atoms with Gasteiger partial charge in [-0.3, -0.25) is 0 Å². The fourth-order valence-corrected chi connectivity index (χ4v) is 7.28. The lowest BCUT2D eigenvalue weighted by Gasteiger charge is -2.11. The zero-order chi connectivity index (χ0) is 35.1. The highest BCUT2D eigenvalue weighted by molar-refractivity contribution is 6.13. The predicted octanol–water partition coefficient (Wildman–Crippen LogP) is 12.9. The van der Waals surface area contributed by atoms with Gasteiger partial charge in [0.1, 0.15) is 11.2 Å². The molecule has 0 fully saturated rings. The summed E-state index contributed by atoms with van der Waals surface area (Å²) in [6.45, 7) is 0. The molecule has 0 saturated carbocycles. The molecule has 0 aliphatic rings. The molecular formula is C49H31N3O. The van der Waals surface area contributed by atoms with Gasteiger partial charge in [0.25, 0.3) is 0 Å². The SMILES string of the molecule is c1ccc(-c2nc(-c3cccc(-c4ccc5ccccc5c4)c3)nc(-c3cccc(-c4cccc5c4oc4c(-c6ccccc6)cccc45)c3)n2)cc1. The van der Waals surface area contributed by atoms with Gasteiger partial charge in [-0.15, -0.1) is 0 Å². The molecular weight excluding hydrogens is 647 g/mol. The Bertz CT molecular complexity index is 2950. The molecule has 0 atom stereocenters. The number of fused-ring (bicyclic) bond motifs is 4. The van der Waals surface area contributed by atoms with Crippen LogP contribution in [0.1, 0.15) is 0 Å². The van der Waals surface area contributed by atoms with Crippen LogP contribution in [0.5, 0.6) is 0 Å². The van der Waals surface area contributed by atoms with Gasteiger partial charge < -0.3 is 4.42 Å². The van der Waals surface area contributed by atoms with Crippen LogP contribution < -0.4 is 0 Å². The average Bonchev–Trinajstić information content (AvgIpc) is 3.63. The van der Waals surface area contributed by atoms with Crippen molar-refractivity contribution in [2.45, 2.75) is 0 Å². The van der Waals surface area contributed by atoms with Crippen molar-refractivity contribution in [3.8, 4) is 67.5 Å². The third kappa shape index (κ3) is 5.63. The van der Waals surface area contributed by atoms with E-state index < -0.39 is 0 Å². The highest BCUT2D eigenvalue weighted by Crippen LogP contribution is 2.40. The van der Waals surface area contributed by atoms with Crippen LogP contribution in [0.4, 0.5) is 0 Å². The van der Waals surface area contributed by atoms with E-state index in [1.54, 1.807) is 0 Å². The first kappa shape index (κ1) is 30.6. The molecule has 2 heterocycles. The Morgan fingerprint density at radius 1 is 0.283 bits per heavy atom. The van der Waals surface area contributed by atoms with Crippen LogP contribution in [0, 0.1) is 0 Å². The van der Waals surface area contributed by atoms with E-state index in [0.29, 0.717) is 17.5 Å². The Hall–Kier alpha value is -7.17. The first-order valence-corrected chi connectivity index (χ1v) is 17.8. The maximum atomic E-state index is 6.75. The van der Waals surface area contributed by atoms with E-state index in [9.17, 15) is 0 Å². The molecule has 4 nitrogen and oxygen atoms in total. The lowest BCUT2D eigenvalue weighted by atomic mass is 9.99. The Balaban J connectivity index is 1.09. The molecule has 248 valence electrons. The lowest BCUT2D eigenvalue weighted by Crippen LogP contribution is -2.00. The maximum absolute atomic E-state index is 6.75. The highest BCUT2D eigenvalue weighted by Gasteiger charge is 2.17. The minimum absolute atomic E-state index is 0.606.